The fraction of sp³-hybridized carbons (Fsp3) is 0.455. The molecule has 1 saturated heterocycles. The maximum absolute atomic E-state index is 13.4. The van der Waals surface area contributed by atoms with Gasteiger partial charge in [-0.3, -0.25) is 0 Å². The van der Waals surface area contributed by atoms with Crippen molar-refractivity contribution in [3.05, 3.63) is 30.5 Å². The van der Waals surface area contributed by atoms with Crippen LogP contribution in [0.3, 0.4) is 0 Å². The summed E-state index contributed by atoms with van der Waals surface area (Å²) in [7, 11) is 1.83. The Kier molecular flexibility index (Phi) is 4.75. The van der Waals surface area contributed by atoms with Crippen LogP contribution in [0.5, 0.6) is 0 Å². The van der Waals surface area contributed by atoms with Gasteiger partial charge in [0.2, 0.25) is 17.5 Å². The Morgan fingerprint density at radius 3 is 2.79 bits per heavy atom. The molecule has 1 aliphatic carbocycles. The number of para-hydroxylation sites is 2. The predicted octanol–water partition coefficient (Wildman–Crippen LogP) is 2.50. The van der Waals surface area contributed by atoms with Gasteiger partial charge in [-0.1, -0.05) is 16.2 Å². The first-order valence-corrected chi connectivity index (χ1v) is 12.3. The van der Waals surface area contributed by atoms with Gasteiger partial charge in [0.25, 0.3) is 0 Å². The van der Waals surface area contributed by atoms with Crippen molar-refractivity contribution in [2.24, 2.45) is 0 Å². The number of hydrogen-bond acceptors (Lipinski definition) is 8. The zero-order valence-corrected chi connectivity index (χ0v) is 19.7. The quantitative estimate of drug-likeness (QED) is 0.447. The standard InChI is InChI=1S/C22H26N8O2S/c1-14-13-32-11-10-28(14)18-15-12-24-30(33(31)22(2)8-9-22)19(15)27-21(26-18)29-17-7-5-4-6-16(17)25-20(29)23-3/h4-7,12,14H,8-11,13H2,1-3H3,(H,23,25). The van der Waals surface area contributed by atoms with Crippen molar-refractivity contribution < 1.29 is 9.29 Å². The maximum Gasteiger partial charge on any atom is 0.241 e. The lowest BCUT2D eigenvalue weighted by atomic mass is 10.2. The molecule has 11 heteroatoms. The molecule has 1 aromatic carbocycles. The molecule has 1 N–H and O–H groups in total. The Morgan fingerprint density at radius 1 is 1.21 bits per heavy atom. The van der Waals surface area contributed by atoms with Crippen LogP contribution in [0, 0.1) is 0 Å². The molecule has 6 rings (SSSR count). The van der Waals surface area contributed by atoms with Gasteiger partial charge in [0.05, 0.1) is 41.9 Å². The summed E-state index contributed by atoms with van der Waals surface area (Å²) in [6.45, 7) is 6.11. The molecule has 0 amide bonds. The van der Waals surface area contributed by atoms with Gasteiger partial charge in [-0.05, 0) is 26.0 Å². The minimum Gasteiger partial charge on any atom is -0.591 e. The Balaban J connectivity index is 1.61. The first-order valence-electron chi connectivity index (χ1n) is 11.2. The van der Waals surface area contributed by atoms with E-state index in [1.54, 1.807) is 10.3 Å². The van der Waals surface area contributed by atoms with Crippen LogP contribution in [0.25, 0.3) is 28.0 Å². The number of rotatable bonds is 5. The van der Waals surface area contributed by atoms with Crippen molar-refractivity contribution in [3.8, 4) is 5.95 Å². The first-order chi connectivity index (χ1) is 16.0. The van der Waals surface area contributed by atoms with Gasteiger partial charge in [0, 0.05) is 26.4 Å². The van der Waals surface area contributed by atoms with Crippen molar-refractivity contribution in [1.82, 2.24) is 28.7 Å². The average molecular weight is 467 g/mol. The summed E-state index contributed by atoms with van der Waals surface area (Å²) in [5.74, 6) is 1.88. The van der Waals surface area contributed by atoms with Gasteiger partial charge in [0.15, 0.2) is 4.75 Å². The second kappa shape index (κ2) is 7.57. The van der Waals surface area contributed by atoms with Gasteiger partial charge in [-0.25, -0.2) is 9.55 Å². The fourth-order valence-electron chi connectivity index (χ4n) is 4.30. The zero-order valence-electron chi connectivity index (χ0n) is 18.9. The summed E-state index contributed by atoms with van der Waals surface area (Å²) in [6, 6.07) is 8.02. The van der Waals surface area contributed by atoms with E-state index >= 15 is 0 Å². The number of anilines is 2. The van der Waals surface area contributed by atoms with Crippen molar-refractivity contribution >= 4 is 45.2 Å². The Morgan fingerprint density at radius 2 is 2.03 bits per heavy atom. The highest BCUT2D eigenvalue weighted by molar-refractivity contribution is 7.91. The number of aromatic nitrogens is 6. The first kappa shape index (κ1) is 20.7. The second-order valence-corrected chi connectivity index (χ2v) is 10.8. The van der Waals surface area contributed by atoms with Crippen LogP contribution in [0.4, 0.5) is 11.8 Å². The number of imidazole rings is 1. The highest BCUT2D eigenvalue weighted by Gasteiger charge is 2.52. The molecule has 1 saturated carbocycles. The van der Waals surface area contributed by atoms with Gasteiger partial charge in [0.1, 0.15) is 17.2 Å². The summed E-state index contributed by atoms with van der Waals surface area (Å²) in [6.07, 6.45) is 3.58. The molecular weight excluding hydrogens is 440 g/mol. The van der Waals surface area contributed by atoms with Crippen LogP contribution in [0.2, 0.25) is 0 Å². The van der Waals surface area contributed by atoms with E-state index in [1.807, 2.05) is 42.8 Å². The van der Waals surface area contributed by atoms with Crippen molar-refractivity contribution in [3.63, 3.8) is 0 Å². The van der Waals surface area contributed by atoms with Crippen LogP contribution in [-0.2, 0) is 16.1 Å². The number of morpholine rings is 1. The van der Waals surface area contributed by atoms with E-state index in [0.717, 1.165) is 35.1 Å². The molecule has 2 atom stereocenters. The number of benzene rings is 1. The van der Waals surface area contributed by atoms with E-state index < -0.39 is 11.4 Å². The minimum absolute atomic E-state index is 0.141. The zero-order chi connectivity index (χ0) is 22.7. The molecule has 33 heavy (non-hydrogen) atoms. The highest BCUT2D eigenvalue weighted by atomic mass is 32.2. The summed E-state index contributed by atoms with van der Waals surface area (Å²) in [4.78, 5) is 16.8. The van der Waals surface area contributed by atoms with Crippen molar-refractivity contribution in [2.75, 3.05) is 37.0 Å². The van der Waals surface area contributed by atoms with Crippen LogP contribution in [-0.4, -0.2) is 70.9 Å². The average Bonchev–Trinajstić information content (AvgIpc) is 3.28. The molecule has 2 aliphatic rings. The molecule has 4 heterocycles. The van der Waals surface area contributed by atoms with E-state index in [1.165, 1.54) is 0 Å². The number of nitrogens with one attached hydrogen (secondary N) is 1. The lowest BCUT2D eigenvalue weighted by molar-refractivity contribution is 0.0987. The SMILES string of the molecule is CNc1nc2ccccc2n1-c1nc(N2CCOCC2C)c2cnn([S+]([O-])C3(C)CC3)c2n1. The van der Waals surface area contributed by atoms with E-state index in [4.69, 9.17) is 19.7 Å². The van der Waals surface area contributed by atoms with E-state index in [0.29, 0.717) is 37.3 Å². The van der Waals surface area contributed by atoms with Gasteiger partial charge >= 0.3 is 0 Å². The van der Waals surface area contributed by atoms with E-state index in [2.05, 4.69) is 22.2 Å². The fourth-order valence-corrected chi connectivity index (χ4v) is 5.60. The van der Waals surface area contributed by atoms with Crippen LogP contribution in [0.1, 0.15) is 26.7 Å². The molecule has 0 spiro atoms. The minimum atomic E-state index is -1.31. The molecule has 2 unspecified atom stereocenters. The number of fused-ring (bicyclic) bond motifs is 2. The molecule has 10 nitrogen and oxygen atoms in total. The Labute approximate surface area is 194 Å². The van der Waals surface area contributed by atoms with E-state index in [9.17, 15) is 4.55 Å². The molecule has 172 valence electrons. The largest absolute Gasteiger partial charge is 0.591 e. The third-order valence-electron chi connectivity index (χ3n) is 6.52. The Hall–Kier alpha value is -2.89. The van der Waals surface area contributed by atoms with Gasteiger partial charge < -0.3 is 19.5 Å². The molecular formula is C22H26N8O2S. The van der Waals surface area contributed by atoms with Gasteiger partial charge in [-0.2, -0.15) is 9.97 Å². The summed E-state index contributed by atoms with van der Waals surface area (Å²) in [5, 5.41) is 8.48. The monoisotopic (exact) mass is 466 g/mol. The molecule has 3 aromatic heterocycles. The predicted molar refractivity (Wildman–Crippen MR) is 128 cm³/mol. The van der Waals surface area contributed by atoms with Crippen molar-refractivity contribution in [1.29, 1.82) is 0 Å². The maximum atomic E-state index is 13.4. The summed E-state index contributed by atoms with van der Waals surface area (Å²) < 4.78 is 22.3. The smallest absolute Gasteiger partial charge is 0.241 e. The van der Waals surface area contributed by atoms with Crippen LogP contribution < -0.4 is 10.2 Å². The third kappa shape index (κ3) is 3.25. The number of hydrogen-bond donors (Lipinski definition) is 1. The third-order valence-corrected chi connectivity index (χ3v) is 8.36. The second-order valence-electron chi connectivity index (χ2n) is 8.93. The number of ether oxygens (including phenoxy) is 1. The number of nitrogens with zero attached hydrogens (tertiary/aromatic N) is 7. The molecule has 0 radical (unpaired) electrons. The lowest BCUT2D eigenvalue weighted by Gasteiger charge is -2.34. The Bertz CT molecular complexity index is 1350. The highest BCUT2D eigenvalue weighted by Crippen LogP contribution is 2.44. The summed E-state index contributed by atoms with van der Waals surface area (Å²) in [5.41, 5.74) is 2.30. The lowest BCUT2D eigenvalue weighted by Crippen LogP contribution is -2.44. The molecule has 0 bridgehead atoms. The molecule has 1 aliphatic heterocycles. The topological polar surface area (TPSA) is 109 Å². The normalized spacial score (nSPS) is 21.0. The molecule has 2 fully saturated rings. The van der Waals surface area contributed by atoms with Gasteiger partial charge in [-0.15, -0.1) is 5.10 Å². The van der Waals surface area contributed by atoms with Crippen LogP contribution >= 0.6 is 0 Å². The summed E-state index contributed by atoms with van der Waals surface area (Å²) >= 11 is -1.31. The van der Waals surface area contributed by atoms with Crippen LogP contribution in [0.15, 0.2) is 30.5 Å². The van der Waals surface area contributed by atoms with E-state index in [-0.39, 0.29) is 10.8 Å². The molecule has 4 aromatic rings. The van der Waals surface area contributed by atoms with Crippen molar-refractivity contribution in [2.45, 2.75) is 37.5 Å².